The zero-order chi connectivity index (χ0) is 29.5. The van der Waals surface area contributed by atoms with Gasteiger partial charge in [-0.25, -0.2) is 4.57 Å². The van der Waals surface area contributed by atoms with Gasteiger partial charge in [-0.1, -0.05) is 130 Å². The molecule has 2 heteroatoms. The molecule has 0 aliphatic heterocycles. The molecule has 0 aliphatic rings. The Balaban J connectivity index is 1.63. The number of rotatable bonds is 5. The second-order valence-electron chi connectivity index (χ2n) is 12.6. The molecule has 6 rings (SSSR count). The van der Waals surface area contributed by atoms with Gasteiger partial charge in [-0.3, -0.25) is 0 Å². The van der Waals surface area contributed by atoms with Gasteiger partial charge in [-0.2, -0.15) is 0 Å². The molecule has 0 atom stereocenters. The van der Waals surface area contributed by atoms with Gasteiger partial charge in [0.1, 0.15) is 7.05 Å². The molecule has 5 aromatic carbocycles. The molecule has 208 valence electrons. The van der Waals surface area contributed by atoms with Crippen molar-refractivity contribution >= 4 is 34.4 Å². The van der Waals surface area contributed by atoms with Gasteiger partial charge in [-0.15, -0.1) is 0 Å². The summed E-state index contributed by atoms with van der Waals surface area (Å²) < 4.78 is 2.29. The average molecular weight is 563 g/mol. The van der Waals surface area contributed by atoms with Crippen LogP contribution in [-0.2, 0) is 7.05 Å². The molecule has 0 aliphatic carbocycles. The van der Waals surface area contributed by atoms with E-state index >= 15 is 0 Å². The first-order chi connectivity index (χ1) is 20.2. The molecule has 1 aromatic heterocycles. The first-order valence-corrected chi connectivity index (χ1v) is 16.9. The lowest BCUT2D eigenvalue weighted by Gasteiger charge is -2.44. The molecule has 0 N–H and O–H groups in total. The van der Waals surface area contributed by atoms with Gasteiger partial charge >= 0.3 is 0 Å². The summed E-state index contributed by atoms with van der Waals surface area (Å²) in [5, 5.41) is 6.97. The summed E-state index contributed by atoms with van der Waals surface area (Å²) in [6, 6.07) is 47.5. The first-order valence-electron chi connectivity index (χ1n) is 14.9. The summed E-state index contributed by atoms with van der Waals surface area (Å²) in [7, 11) is -0.257. The van der Waals surface area contributed by atoms with E-state index in [0.717, 1.165) is 0 Å². The van der Waals surface area contributed by atoms with Crippen LogP contribution in [0.2, 0.25) is 5.04 Å². The van der Waals surface area contributed by atoms with Crippen LogP contribution in [0.5, 0.6) is 0 Å². The third-order valence-electron chi connectivity index (χ3n) is 9.14. The lowest BCUT2D eigenvalue weighted by Crippen LogP contribution is -2.72. The van der Waals surface area contributed by atoms with Crippen molar-refractivity contribution in [2.75, 3.05) is 0 Å². The Kier molecular flexibility index (Phi) is 7.20. The lowest BCUT2D eigenvalue weighted by atomic mass is 9.92. The maximum absolute atomic E-state index is 2.50. The van der Waals surface area contributed by atoms with Crippen molar-refractivity contribution in [3.8, 4) is 22.4 Å². The van der Waals surface area contributed by atoms with Crippen molar-refractivity contribution < 1.29 is 4.57 Å². The Labute approximate surface area is 252 Å². The highest BCUT2D eigenvalue weighted by atomic mass is 28.3. The minimum Gasteiger partial charge on any atom is -0.200 e. The van der Waals surface area contributed by atoms with Crippen LogP contribution in [0.4, 0.5) is 0 Å². The molecule has 1 heterocycles. The van der Waals surface area contributed by atoms with Crippen LogP contribution in [0.1, 0.15) is 31.9 Å². The zero-order valence-corrected chi connectivity index (χ0v) is 26.6. The third-order valence-corrected chi connectivity index (χ3v) is 15.0. The van der Waals surface area contributed by atoms with Crippen LogP contribution in [0.3, 0.4) is 0 Å². The van der Waals surface area contributed by atoms with Crippen LogP contribution in [-0.4, -0.2) is 8.07 Å². The van der Waals surface area contributed by atoms with E-state index in [1.165, 1.54) is 59.8 Å². The van der Waals surface area contributed by atoms with Crippen molar-refractivity contribution in [3.05, 3.63) is 145 Å². The summed E-state index contributed by atoms with van der Waals surface area (Å²) in [4.78, 5) is 0. The van der Waals surface area contributed by atoms with Crippen molar-refractivity contribution in [1.29, 1.82) is 0 Å². The van der Waals surface area contributed by atoms with Crippen molar-refractivity contribution in [3.63, 3.8) is 0 Å². The van der Waals surface area contributed by atoms with Gasteiger partial charge in [0, 0.05) is 6.07 Å². The first kappa shape index (κ1) is 27.9. The fourth-order valence-electron chi connectivity index (χ4n) is 7.02. The molecule has 6 aromatic rings. The highest BCUT2D eigenvalue weighted by Gasteiger charge is 2.49. The molecule has 0 spiro atoms. The van der Waals surface area contributed by atoms with Crippen LogP contribution in [0, 0.1) is 13.8 Å². The summed E-state index contributed by atoms with van der Waals surface area (Å²) in [5.41, 5.74) is 7.70. The molecule has 0 amide bonds. The second-order valence-corrected chi connectivity index (χ2v) is 17.4. The Bertz CT molecular complexity index is 1830. The van der Waals surface area contributed by atoms with Gasteiger partial charge in [-0.05, 0) is 74.2 Å². The van der Waals surface area contributed by atoms with Crippen molar-refractivity contribution in [1.82, 2.24) is 0 Å². The average Bonchev–Trinajstić information content (AvgIpc) is 3.00. The Morgan fingerprint density at radius 3 is 1.71 bits per heavy atom. The van der Waals surface area contributed by atoms with E-state index in [0.29, 0.717) is 0 Å². The molecule has 42 heavy (non-hydrogen) atoms. The van der Waals surface area contributed by atoms with Crippen LogP contribution < -0.4 is 20.1 Å². The molecule has 0 radical (unpaired) electrons. The lowest BCUT2D eigenvalue weighted by molar-refractivity contribution is -0.659. The Hall–Kier alpha value is -4.27. The zero-order valence-electron chi connectivity index (χ0n) is 25.6. The van der Waals surface area contributed by atoms with E-state index in [4.69, 9.17) is 0 Å². The minimum absolute atomic E-state index is 0.0450. The standard InChI is InChI=1S/C40H40NSi/c1-29-26-33(31-16-10-7-11-17-31)28-38(30(29)2)39-37-23-22-36(27-32(37)24-25-41(39)6)42(40(3,4)5,34-18-12-8-13-19-34)35-20-14-9-15-21-35/h7-28H,1-6H3/q+1. The monoisotopic (exact) mass is 562 g/mol. The van der Waals surface area contributed by atoms with Crippen molar-refractivity contribution in [2.24, 2.45) is 7.05 Å². The largest absolute Gasteiger partial charge is 0.220 e. The fraction of sp³-hybridized carbons (Fsp3) is 0.175. The van der Waals surface area contributed by atoms with E-state index in [-0.39, 0.29) is 5.04 Å². The summed E-state index contributed by atoms with van der Waals surface area (Å²) in [6.45, 7) is 11.8. The van der Waals surface area contributed by atoms with Gasteiger partial charge in [0.25, 0.3) is 0 Å². The highest BCUT2D eigenvalue weighted by molar-refractivity contribution is 7.13. The van der Waals surface area contributed by atoms with E-state index in [1.54, 1.807) is 0 Å². The van der Waals surface area contributed by atoms with E-state index in [9.17, 15) is 0 Å². The molecule has 1 nitrogen and oxygen atoms in total. The van der Waals surface area contributed by atoms with Gasteiger partial charge in [0.15, 0.2) is 14.3 Å². The number of aromatic nitrogens is 1. The van der Waals surface area contributed by atoms with Gasteiger partial charge < -0.3 is 0 Å². The molecule has 0 saturated heterocycles. The number of benzene rings is 5. The second kappa shape index (κ2) is 10.9. The quantitative estimate of drug-likeness (QED) is 0.114. The van der Waals surface area contributed by atoms with Gasteiger partial charge in [0.05, 0.1) is 10.9 Å². The number of aryl methyl sites for hydroxylation is 2. The predicted octanol–water partition coefficient (Wildman–Crippen LogP) is 7.89. The number of pyridine rings is 1. The van der Waals surface area contributed by atoms with Crippen molar-refractivity contribution in [2.45, 2.75) is 39.7 Å². The fourth-order valence-corrected chi connectivity index (χ4v) is 12.7. The van der Waals surface area contributed by atoms with E-state index < -0.39 is 8.07 Å². The Morgan fingerprint density at radius 2 is 1.14 bits per heavy atom. The highest BCUT2D eigenvalue weighted by Crippen LogP contribution is 2.38. The Morgan fingerprint density at radius 1 is 0.571 bits per heavy atom. The summed E-state index contributed by atoms with van der Waals surface area (Å²) >= 11 is 0. The van der Waals surface area contributed by atoms with Crippen LogP contribution >= 0.6 is 0 Å². The maximum Gasteiger partial charge on any atom is 0.220 e. The topological polar surface area (TPSA) is 3.88 Å². The van der Waals surface area contributed by atoms with Crippen LogP contribution in [0.15, 0.2) is 134 Å². The number of hydrogen-bond donors (Lipinski definition) is 0. The predicted molar refractivity (Wildman–Crippen MR) is 183 cm³/mol. The molecular formula is C40H40NSi+. The normalized spacial score (nSPS) is 12.0. The summed E-state index contributed by atoms with van der Waals surface area (Å²) in [5.74, 6) is 0. The molecule has 0 fully saturated rings. The SMILES string of the molecule is Cc1cc(-c2ccccc2)cc(-c2c3ccc([Si](c4ccccc4)(c4ccccc4)C(C)(C)C)cc3cc[n+]2C)c1C. The van der Waals surface area contributed by atoms with E-state index in [2.05, 4.69) is 180 Å². The maximum atomic E-state index is 2.50. The number of fused-ring (bicyclic) bond motifs is 1. The molecule has 0 bridgehead atoms. The smallest absolute Gasteiger partial charge is 0.200 e. The molecular weight excluding hydrogens is 523 g/mol. The van der Waals surface area contributed by atoms with Gasteiger partial charge in [0.2, 0.25) is 5.69 Å². The third kappa shape index (κ3) is 4.61. The number of nitrogens with zero attached hydrogens (tertiary/aromatic N) is 1. The van der Waals surface area contributed by atoms with E-state index in [1.807, 2.05) is 0 Å². The molecule has 0 saturated carbocycles. The van der Waals surface area contributed by atoms with Crippen LogP contribution in [0.25, 0.3) is 33.2 Å². The molecule has 0 unspecified atom stereocenters. The minimum atomic E-state index is -2.43. The summed E-state index contributed by atoms with van der Waals surface area (Å²) in [6.07, 6.45) is 2.23. The number of hydrogen-bond acceptors (Lipinski definition) is 0.